The number of ether oxygens (including phenoxy) is 2. The number of hydrogen-bond donors (Lipinski definition) is 0. The van der Waals surface area contributed by atoms with Gasteiger partial charge in [-0.3, -0.25) is 0 Å². The predicted octanol–water partition coefficient (Wildman–Crippen LogP) is 0.565. The van der Waals surface area contributed by atoms with E-state index in [1.54, 1.807) is 19.6 Å². The molecule has 4 rings (SSSR count). The monoisotopic (exact) mass is 302 g/mol. The van der Waals surface area contributed by atoms with Gasteiger partial charge >= 0.3 is 0 Å². The Hall–Kier alpha value is -2.06. The van der Waals surface area contributed by atoms with Gasteiger partial charge in [-0.05, 0) is 6.42 Å². The smallest absolute Gasteiger partial charge is 0.132 e. The SMILES string of the molecule is COCc1cc(N2CC[C@@H]3OCc4cnnn4[C@@H]3C2)ncn1. The van der Waals surface area contributed by atoms with Crippen molar-refractivity contribution in [2.75, 3.05) is 25.1 Å². The van der Waals surface area contributed by atoms with Crippen molar-refractivity contribution in [3.05, 3.63) is 30.0 Å². The minimum Gasteiger partial charge on any atom is -0.378 e. The van der Waals surface area contributed by atoms with Crippen molar-refractivity contribution in [1.29, 1.82) is 0 Å². The average Bonchev–Trinajstić information content (AvgIpc) is 3.04. The van der Waals surface area contributed by atoms with E-state index >= 15 is 0 Å². The van der Waals surface area contributed by atoms with Crippen molar-refractivity contribution in [3.8, 4) is 0 Å². The number of nitrogens with zero attached hydrogens (tertiary/aromatic N) is 6. The summed E-state index contributed by atoms with van der Waals surface area (Å²) in [4.78, 5) is 10.9. The lowest BCUT2D eigenvalue weighted by Crippen LogP contribution is -2.48. The van der Waals surface area contributed by atoms with Crippen LogP contribution in [-0.4, -0.2) is 51.3 Å². The normalized spacial score (nSPS) is 24.0. The van der Waals surface area contributed by atoms with Gasteiger partial charge in [-0.15, -0.1) is 5.10 Å². The molecule has 8 heteroatoms. The molecule has 116 valence electrons. The summed E-state index contributed by atoms with van der Waals surface area (Å²) < 4.78 is 13.1. The largest absolute Gasteiger partial charge is 0.378 e. The molecule has 2 aliphatic rings. The third kappa shape index (κ3) is 2.34. The number of methoxy groups -OCH3 is 1. The molecule has 8 nitrogen and oxygen atoms in total. The van der Waals surface area contributed by atoms with Gasteiger partial charge in [-0.2, -0.15) is 0 Å². The molecule has 0 aliphatic carbocycles. The standard InChI is InChI=1S/C14H18N6O2/c1-21-7-10-4-14(16-9-15-10)19-3-2-13-12(6-19)20-11(8-22-13)5-17-18-20/h4-5,9,12-13H,2-3,6-8H2,1H3/t12-,13+/m1/s1. The van der Waals surface area contributed by atoms with Crippen molar-refractivity contribution in [3.63, 3.8) is 0 Å². The first-order chi connectivity index (χ1) is 10.8. The van der Waals surface area contributed by atoms with E-state index in [4.69, 9.17) is 9.47 Å². The van der Waals surface area contributed by atoms with E-state index in [0.29, 0.717) is 13.2 Å². The van der Waals surface area contributed by atoms with Crippen LogP contribution in [0, 0.1) is 0 Å². The minimum absolute atomic E-state index is 0.181. The molecule has 22 heavy (non-hydrogen) atoms. The van der Waals surface area contributed by atoms with Gasteiger partial charge in [0.2, 0.25) is 0 Å². The van der Waals surface area contributed by atoms with Gasteiger partial charge in [0.1, 0.15) is 12.1 Å². The maximum absolute atomic E-state index is 5.93. The number of aromatic nitrogens is 5. The Kier molecular flexibility index (Phi) is 3.47. The molecule has 0 saturated carbocycles. The van der Waals surface area contributed by atoms with Crippen LogP contribution < -0.4 is 4.90 Å². The summed E-state index contributed by atoms with van der Waals surface area (Å²) in [5, 5.41) is 8.23. The summed E-state index contributed by atoms with van der Waals surface area (Å²) in [5.41, 5.74) is 1.92. The van der Waals surface area contributed by atoms with Gasteiger partial charge < -0.3 is 14.4 Å². The molecular formula is C14H18N6O2. The lowest BCUT2D eigenvalue weighted by molar-refractivity contribution is -0.0373. The van der Waals surface area contributed by atoms with Crippen LogP contribution in [0.1, 0.15) is 23.9 Å². The molecular weight excluding hydrogens is 284 g/mol. The molecule has 0 radical (unpaired) electrons. The van der Waals surface area contributed by atoms with Crippen LogP contribution in [0.4, 0.5) is 5.82 Å². The molecule has 0 amide bonds. The van der Waals surface area contributed by atoms with Crippen molar-refractivity contribution in [2.24, 2.45) is 0 Å². The Labute approximate surface area is 128 Å². The lowest BCUT2D eigenvalue weighted by atomic mass is 10.0. The molecule has 0 bridgehead atoms. The molecule has 0 aromatic carbocycles. The maximum Gasteiger partial charge on any atom is 0.132 e. The van der Waals surface area contributed by atoms with E-state index < -0.39 is 0 Å². The molecule has 4 heterocycles. The zero-order chi connectivity index (χ0) is 14.9. The molecule has 2 aromatic heterocycles. The molecule has 0 unspecified atom stereocenters. The third-order valence-electron chi connectivity index (χ3n) is 4.25. The van der Waals surface area contributed by atoms with Crippen molar-refractivity contribution in [1.82, 2.24) is 25.0 Å². The van der Waals surface area contributed by atoms with Crippen molar-refractivity contribution >= 4 is 5.82 Å². The summed E-state index contributed by atoms with van der Waals surface area (Å²) in [6.07, 6.45) is 4.52. The Bertz CT molecular complexity index is 660. The first-order valence-corrected chi connectivity index (χ1v) is 7.40. The highest BCUT2D eigenvalue weighted by atomic mass is 16.5. The van der Waals surface area contributed by atoms with Gasteiger partial charge in [-0.25, -0.2) is 14.6 Å². The van der Waals surface area contributed by atoms with E-state index in [0.717, 1.165) is 36.7 Å². The fourth-order valence-corrected chi connectivity index (χ4v) is 3.17. The summed E-state index contributed by atoms with van der Waals surface area (Å²) in [6, 6.07) is 2.16. The van der Waals surface area contributed by atoms with E-state index in [-0.39, 0.29) is 12.1 Å². The van der Waals surface area contributed by atoms with Gasteiger partial charge in [0, 0.05) is 26.3 Å². The van der Waals surface area contributed by atoms with E-state index in [2.05, 4.69) is 25.2 Å². The second kappa shape index (κ2) is 5.62. The number of fused-ring (bicyclic) bond motifs is 3. The predicted molar refractivity (Wildman–Crippen MR) is 77.2 cm³/mol. The second-order valence-electron chi connectivity index (χ2n) is 5.62. The van der Waals surface area contributed by atoms with Crippen LogP contribution >= 0.6 is 0 Å². The Morgan fingerprint density at radius 3 is 3.27 bits per heavy atom. The fraction of sp³-hybridized carbons (Fsp3) is 0.571. The zero-order valence-electron chi connectivity index (χ0n) is 12.4. The molecule has 2 aliphatic heterocycles. The van der Waals surface area contributed by atoms with Crippen LogP contribution in [0.5, 0.6) is 0 Å². The van der Waals surface area contributed by atoms with Crippen molar-refractivity contribution in [2.45, 2.75) is 31.8 Å². The molecule has 2 aromatic rings. The van der Waals surface area contributed by atoms with Crippen LogP contribution in [0.2, 0.25) is 0 Å². The number of hydrogen-bond acceptors (Lipinski definition) is 7. The van der Waals surface area contributed by atoms with Crippen LogP contribution in [0.3, 0.4) is 0 Å². The third-order valence-corrected chi connectivity index (χ3v) is 4.25. The van der Waals surface area contributed by atoms with Gasteiger partial charge in [-0.1, -0.05) is 5.21 Å². The molecule has 1 fully saturated rings. The molecule has 2 atom stereocenters. The summed E-state index contributed by atoms with van der Waals surface area (Å²) in [5.74, 6) is 0.924. The molecule has 0 spiro atoms. The average molecular weight is 302 g/mol. The van der Waals surface area contributed by atoms with Gasteiger partial charge in [0.15, 0.2) is 0 Å². The van der Waals surface area contributed by atoms with Crippen LogP contribution in [0.15, 0.2) is 18.6 Å². The molecule has 0 N–H and O–H groups in total. The van der Waals surface area contributed by atoms with Gasteiger partial charge in [0.25, 0.3) is 0 Å². The second-order valence-corrected chi connectivity index (χ2v) is 5.62. The van der Waals surface area contributed by atoms with E-state index in [9.17, 15) is 0 Å². The summed E-state index contributed by atoms with van der Waals surface area (Å²) in [6.45, 7) is 2.81. The maximum atomic E-state index is 5.93. The van der Waals surface area contributed by atoms with Crippen LogP contribution in [0.25, 0.3) is 0 Å². The summed E-state index contributed by atoms with van der Waals surface area (Å²) in [7, 11) is 1.67. The van der Waals surface area contributed by atoms with E-state index in [1.807, 2.05) is 10.7 Å². The Morgan fingerprint density at radius 2 is 2.36 bits per heavy atom. The quantitative estimate of drug-likeness (QED) is 0.820. The number of piperidine rings is 1. The van der Waals surface area contributed by atoms with Crippen LogP contribution in [-0.2, 0) is 22.7 Å². The first kappa shape index (κ1) is 13.6. The zero-order valence-corrected chi connectivity index (χ0v) is 12.4. The Balaban J connectivity index is 1.57. The number of rotatable bonds is 3. The highest BCUT2D eigenvalue weighted by Crippen LogP contribution is 2.31. The topological polar surface area (TPSA) is 78.2 Å². The first-order valence-electron chi connectivity index (χ1n) is 7.40. The van der Waals surface area contributed by atoms with Gasteiger partial charge in [0.05, 0.1) is 42.9 Å². The highest BCUT2D eigenvalue weighted by molar-refractivity contribution is 5.40. The highest BCUT2D eigenvalue weighted by Gasteiger charge is 2.36. The van der Waals surface area contributed by atoms with E-state index in [1.165, 1.54) is 0 Å². The lowest BCUT2D eigenvalue weighted by Gasteiger charge is -2.41. The minimum atomic E-state index is 0.181. The summed E-state index contributed by atoms with van der Waals surface area (Å²) >= 11 is 0. The number of anilines is 1. The Morgan fingerprint density at radius 1 is 1.41 bits per heavy atom. The van der Waals surface area contributed by atoms with Crippen molar-refractivity contribution < 1.29 is 9.47 Å². The molecule has 1 saturated heterocycles. The fourth-order valence-electron chi connectivity index (χ4n) is 3.17.